The van der Waals surface area contributed by atoms with Crippen LogP contribution < -0.4 is 11.1 Å². The number of hydrogen-bond acceptors (Lipinski definition) is 1. The molecule has 0 bridgehead atoms. The van der Waals surface area contributed by atoms with Gasteiger partial charge in [-0.3, -0.25) is 0 Å². The summed E-state index contributed by atoms with van der Waals surface area (Å²) in [6.07, 6.45) is 0. The average Bonchev–Trinajstić information content (AvgIpc) is 2.46. The van der Waals surface area contributed by atoms with Crippen molar-refractivity contribution >= 4 is 17.6 Å². The smallest absolute Gasteiger partial charge is 0.189 e. The van der Waals surface area contributed by atoms with Crippen molar-refractivity contribution in [2.75, 3.05) is 0 Å². The third-order valence-electron chi connectivity index (χ3n) is 3.03. The number of nitrogens with zero attached hydrogens (tertiary/aromatic N) is 1. The normalized spacial score (nSPS) is 11.7. The highest BCUT2D eigenvalue weighted by atomic mass is 35.5. The molecule has 2 rings (SSSR count). The van der Waals surface area contributed by atoms with Gasteiger partial charge in [-0.1, -0.05) is 48.0 Å². The molecule has 0 unspecified atom stereocenters. The first kappa shape index (κ1) is 15.4. The van der Waals surface area contributed by atoms with Gasteiger partial charge in [-0.05, 0) is 42.7 Å². The van der Waals surface area contributed by atoms with Crippen molar-refractivity contribution in [1.82, 2.24) is 5.32 Å². The van der Waals surface area contributed by atoms with E-state index in [0.717, 1.165) is 21.7 Å². The molecule has 0 spiro atoms. The molecule has 0 aromatic heterocycles. The number of nitrogens with two attached hydrogens (primary N) is 1. The number of aliphatic imine (C=N–C) groups is 1. The van der Waals surface area contributed by atoms with Gasteiger partial charge in [-0.2, -0.15) is 0 Å². The first-order valence-corrected chi connectivity index (χ1v) is 7.34. The molecule has 0 radical (unpaired) electrons. The van der Waals surface area contributed by atoms with E-state index in [9.17, 15) is 0 Å². The topological polar surface area (TPSA) is 50.4 Å². The Hall–Kier alpha value is -2.00. The van der Waals surface area contributed by atoms with Crippen molar-refractivity contribution in [3.63, 3.8) is 0 Å². The molecule has 0 heterocycles. The Kier molecular flexibility index (Phi) is 5.23. The zero-order valence-corrected chi connectivity index (χ0v) is 13.1. The van der Waals surface area contributed by atoms with Crippen molar-refractivity contribution in [2.24, 2.45) is 10.7 Å². The van der Waals surface area contributed by atoms with Crippen LogP contribution in [-0.2, 0) is 6.54 Å². The molecule has 2 aromatic carbocycles. The van der Waals surface area contributed by atoms with Gasteiger partial charge in [0, 0.05) is 11.1 Å². The fourth-order valence-corrected chi connectivity index (χ4v) is 2.21. The lowest BCUT2D eigenvalue weighted by Gasteiger charge is -2.11. The van der Waals surface area contributed by atoms with Gasteiger partial charge >= 0.3 is 0 Å². The largest absolute Gasteiger partial charge is 0.370 e. The molecule has 21 heavy (non-hydrogen) atoms. The minimum absolute atomic E-state index is 0.278. The highest BCUT2D eigenvalue weighted by molar-refractivity contribution is 6.30. The van der Waals surface area contributed by atoms with E-state index >= 15 is 0 Å². The van der Waals surface area contributed by atoms with Crippen LogP contribution in [0.1, 0.15) is 19.4 Å². The van der Waals surface area contributed by atoms with Crippen LogP contribution in [0, 0.1) is 0 Å². The summed E-state index contributed by atoms with van der Waals surface area (Å²) in [5, 5.41) is 3.83. The van der Waals surface area contributed by atoms with Gasteiger partial charge in [0.05, 0.1) is 6.54 Å². The van der Waals surface area contributed by atoms with Crippen LogP contribution in [-0.4, -0.2) is 12.0 Å². The molecule has 0 aliphatic heterocycles. The van der Waals surface area contributed by atoms with E-state index in [1.54, 1.807) is 0 Å². The van der Waals surface area contributed by atoms with Crippen LogP contribution in [0.25, 0.3) is 11.1 Å². The van der Waals surface area contributed by atoms with Crippen LogP contribution in [0.3, 0.4) is 0 Å². The van der Waals surface area contributed by atoms with Crippen LogP contribution in [0.4, 0.5) is 0 Å². The van der Waals surface area contributed by atoms with E-state index in [1.165, 1.54) is 0 Å². The first-order valence-electron chi connectivity index (χ1n) is 6.96. The molecule has 3 nitrogen and oxygen atoms in total. The zero-order chi connectivity index (χ0) is 15.2. The summed E-state index contributed by atoms with van der Waals surface area (Å²) < 4.78 is 0. The number of nitrogens with one attached hydrogen (secondary N) is 1. The van der Waals surface area contributed by atoms with Gasteiger partial charge in [-0.25, -0.2) is 4.99 Å². The maximum atomic E-state index is 5.94. The Bertz CT molecular complexity index is 618. The third-order valence-corrected chi connectivity index (χ3v) is 3.28. The van der Waals surface area contributed by atoms with Crippen molar-refractivity contribution in [3.8, 4) is 11.1 Å². The second-order valence-electron chi connectivity index (χ2n) is 5.16. The summed E-state index contributed by atoms with van der Waals surface area (Å²) in [6, 6.07) is 16.3. The summed E-state index contributed by atoms with van der Waals surface area (Å²) in [7, 11) is 0. The third kappa shape index (κ3) is 4.50. The zero-order valence-electron chi connectivity index (χ0n) is 12.3. The van der Waals surface area contributed by atoms with Gasteiger partial charge in [-0.15, -0.1) is 0 Å². The molecule has 0 saturated heterocycles. The second-order valence-corrected chi connectivity index (χ2v) is 5.60. The number of hydrogen-bond donors (Lipinski definition) is 2. The summed E-state index contributed by atoms with van der Waals surface area (Å²) in [4.78, 5) is 4.40. The fourth-order valence-electron chi connectivity index (χ4n) is 2.08. The maximum Gasteiger partial charge on any atom is 0.189 e. The quantitative estimate of drug-likeness (QED) is 0.666. The number of benzene rings is 2. The Labute approximate surface area is 130 Å². The van der Waals surface area contributed by atoms with Gasteiger partial charge in [0.25, 0.3) is 0 Å². The SMILES string of the molecule is CC(C)NC(N)=NCc1ccccc1-c1ccc(Cl)cc1. The van der Waals surface area contributed by atoms with Gasteiger partial charge in [0.2, 0.25) is 0 Å². The monoisotopic (exact) mass is 301 g/mol. The fraction of sp³-hybridized carbons (Fsp3) is 0.235. The Morgan fingerprint density at radius 1 is 1.14 bits per heavy atom. The van der Waals surface area contributed by atoms with Crippen molar-refractivity contribution < 1.29 is 0 Å². The molecule has 110 valence electrons. The summed E-state index contributed by atoms with van der Waals surface area (Å²) in [6.45, 7) is 4.61. The van der Waals surface area contributed by atoms with Crippen LogP contribution in [0.15, 0.2) is 53.5 Å². The molecule has 2 aromatic rings. The molecule has 0 saturated carbocycles. The molecular weight excluding hydrogens is 282 g/mol. The molecular formula is C17H20ClN3. The van der Waals surface area contributed by atoms with Crippen molar-refractivity contribution in [2.45, 2.75) is 26.4 Å². The summed E-state index contributed by atoms with van der Waals surface area (Å²) in [5.41, 5.74) is 9.26. The number of halogens is 1. The Morgan fingerprint density at radius 2 is 1.81 bits per heavy atom. The lowest BCUT2D eigenvalue weighted by molar-refractivity contribution is 0.723. The van der Waals surface area contributed by atoms with Gasteiger partial charge < -0.3 is 11.1 Å². The highest BCUT2D eigenvalue weighted by Gasteiger charge is 2.04. The number of guanidine groups is 1. The molecule has 0 atom stereocenters. The predicted molar refractivity (Wildman–Crippen MR) is 90.5 cm³/mol. The number of rotatable bonds is 4. The molecule has 0 amide bonds. The Balaban J connectivity index is 2.23. The summed E-state index contributed by atoms with van der Waals surface area (Å²) >= 11 is 5.94. The lowest BCUT2D eigenvalue weighted by Crippen LogP contribution is -2.36. The van der Waals surface area contributed by atoms with Gasteiger partial charge in [0.15, 0.2) is 5.96 Å². The lowest BCUT2D eigenvalue weighted by atomic mass is 10.00. The minimum atomic E-state index is 0.278. The van der Waals surface area contributed by atoms with Crippen LogP contribution in [0.2, 0.25) is 5.02 Å². The second kappa shape index (κ2) is 7.14. The molecule has 0 fully saturated rings. The van der Waals surface area contributed by atoms with E-state index in [4.69, 9.17) is 17.3 Å². The standard InChI is InChI=1S/C17H20ClN3/c1-12(2)21-17(19)20-11-14-5-3-4-6-16(14)13-7-9-15(18)10-8-13/h3-10,12H,11H2,1-2H3,(H3,19,20,21). The van der Waals surface area contributed by atoms with E-state index in [-0.39, 0.29) is 6.04 Å². The molecule has 0 aliphatic rings. The maximum absolute atomic E-state index is 5.94. The first-order chi connectivity index (χ1) is 10.1. The van der Waals surface area contributed by atoms with Crippen molar-refractivity contribution in [3.05, 3.63) is 59.1 Å². The van der Waals surface area contributed by atoms with Gasteiger partial charge in [0.1, 0.15) is 0 Å². The van der Waals surface area contributed by atoms with Crippen LogP contribution >= 0.6 is 11.6 Å². The van der Waals surface area contributed by atoms with Crippen molar-refractivity contribution in [1.29, 1.82) is 0 Å². The molecule has 3 N–H and O–H groups in total. The summed E-state index contributed by atoms with van der Waals surface area (Å²) in [5.74, 6) is 0.468. The average molecular weight is 302 g/mol. The minimum Gasteiger partial charge on any atom is -0.370 e. The molecule has 4 heteroatoms. The van der Waals surface area contributed by atoms with E-state index in [0.29, 0.717) is 12.5 Å². The van der Waals surface area contributed by atoms with E-state index in [2.05, 4.69) is 22.4 Å². The Morgan fingerprint density at radius 3 is 2.48 bits per heavy atom. The van der Waals surface area contributed by atoms with Crippen LogP contribution in [0.5, 0.6) is 0 Å². The van der Waals surface area contributed by atoms with E-state index < -0.39 is 0 Å². The highest BCUT2D eigenvalue weighted by Crippen LogP contribution is 2.25. The predicted octanol–water partition coefficient (Wildman–Crippen LogP) is 3.82. The van der Waals surface area contributed by atoms with E-state index in [1.807, 2.05) is 50.2 Å². The molecule has 0 aliphatic carbocycles.